The van der Waals surface area contributed by atoms with Crippen LogP contribution in [0.2, 0.25) is 0 Å². The van der Waals surface area contributed by atoms with Crippen molar-refractivity contribution in [3.05, 3.63) is 0 Å². The standard InChI is InChI=1S/C18H33NO4S/c1-12(15(20)22-17(2,3)4)14(24-8)13-10-9-11-19(13)16(21)23-18(5,6)7/h12-14H,9-11H2,1-8H3/t12?,13?,14-/m0/s1. The zero-order chi connectivity index (χ0) is 18.7. The Kier molecular flexibility index (Phi) is 7.03. The van der Waals surface area contributed by atoms with E-state index < -0.39 is 11.2 Å². The van der Waals surface area contributed by atoms with Gasteiger partial charge in [-0.05, 0) is 60.6 Å². The highest BCUT2D eigenvalue weighted by Gasteiger charge is 2.41. The van der Waals surface area contributed by atoms with E-state index in [0.717, 1.165) is 12.8 Å². The van der Waals surface area contributed by atoms with Gasteiger partial charge in [0.2, 0.25) is 0 Å². The average Bonchev–Trinajstić information content (AvgIpc) is 2.84. The van der Waals surface area contributed by atoms with Crippen LogP contribution < -0.4 is 0 Å². The molecule has 1 fully saturated rings. The zero-order valence-electron chi connectivity index (χ0n) is 16.3. The molecule has 1 amide bonds. The highest BCUT2D eigenvalue weighted by molar-refractivity contribution is 7.99. The van der Waals surface area contributed by atoms with Gasteiger partial charge in [0.05, 0.1) is 5.92 Å². The number of hydrogen-bond donors (Lipinski definition) is 0. The maximum atomic E-state index is 12.5. The van der Waals surface area contributed by atoms with Gasteiger partial charge in [0.1, 0.15) is 11.2 Å². The van der Waals surface area contributed by atoms with E-state index in [1.165, 1.54) is 0 Å². The third kappa shape index (κ3) is 6.19. The SMILES string of the molecule is CS[C@@H](C(C)C(=O)OC(C)(C)C)C1CCCN1C(=O)OC(C)(C)C. The predicted octanol–water partition coefficient (Wildman–Crippen LogP) is 4.10. The normalized spacial score (nSPS) is 21.3. The molecule has 1 aliphatic heterocycles. The van der Waals surface area contributed by atoms with Gasteiger partial charge in [0.15, 0.2) is 0 Å². The summed E-state index contributed by atoms with van der Waals surface area (Å²) in [5, 5.41) is -0.00475. The van der Waals surface area contributed by atoms with Gasteiger partial charge in [-0.3, -0.25) is 4.79 Å². The lowest BCUT2D eigenvalue weighted by atomic mass is 9.99. The molecule has 2 unspecified atom stereocenters. The number of ether oxygens (including phenoxy) is 2. The zero-order valence-corrected chi connectivity index (χ0v) is 17.2. The summed E-state index contributed by atoms with van der Waals surface area (Å²) in [4.78, 5) is 26.7. The van der Waals surface area contributed by atoms with Gasteiger partial charge in [-0.15, -0.1) is 0 Å². The van der Waals surface area contributed by atoms with Crippen LogP contribution in [-0.2, 0) is 14.3 Å². The molecule has 140 valence electrons. The number of hydrogen-bond acceptors (Lipinski definition) is 5. The molecule has 0 aromatic rings. The summed E-state index contributed by atoms with van der Waals surface area (Å²) in [6, 6.07) is -0.00244. The number of nitrogens with zero attached hydrogens (tertiary/aromatic N) is 1. The van der Waals surface area contributed by atoms with Gasteiger partial charge < -0.3 is 14.4 Å². The third-order valence-electron chi connectivity index (χ3n) is 3.85. The maximum absolute atomic E-state index is 12.5. The molecule has 6 heteroatoms. The highest BCUT2D eigenvalue weighted by Crippen LogP contribution is 2.33. The molecule has 1 saturated heterocycles. The topological polar surface area (TPSA) is 55.8 Å². The molecule has 24 heavy (non-hydrogen) atoms. The fourth-order valence-corrected chi connectivity index (χ4v) is 4.02. The first-order valence-corrected chi connectivity index (χ1v) is 9.90. The Hall–Kier alpha value is -0.910. The van der Waals surface area contributed by atoms with Crippen LogP contribution >= 0.6 is 11.8 Å². The molecule has 1 rings (SSSR count). The number of carbonyl (C=O) groups excluding carboxylic acids is 2. The summed E-state index contributed by atoms with van der Waals surface area (Å²) in [5.74, 6) is -0.495. The lowest BCUT2D eigenvalue weighted by molar-refractivity contribution is -0.159. The van der Waals surface area contributed by atoms with Gasteiger partial charge in [-0.2, -0.15) is 11.8 Å². The molecule has 0 aromatic carbocycles. The highest BCUT2D eigenvalue weighted by atomic mass is 32.2. The molecule has 0 aliphatic carbocycles. The van der Waals surface area contributed by atoms with Crippen molar-refractivity contribution < 1.29 is 19.1 Å². The lowest BCUT2D eigenvalue weighted by Crippen LogP contribution is -2.47. The Balaban J connectivity index is 2.85. The van der Waals surface area contributed by atoms with Crippen molar-refractivity contribution in [3.8, 4) is 0 Å². The number of carbonyl (C=O) groups is 2. The van der Waals surface area contributed by atoms with Gasteiger partial charge in [0.25, 0.3) is 0 Å². The molecular formula is C18H33NO4S. The summed E-state index contributed by atoms with van der Waals surface area (Å²) in [6.07, 6.45) is 3.51. The Bertz CT molecular complexity index is 453. The first-order chi connectivity index (χ1) is 10.9. The number of likely N-dealkylation sites (tertiary alicyclic amines) is 1. The smallest absolute Gasteiger partial charge is 0.410 e. The first-order valence-electron chi connectivity index (χ1n) is 8.61. The minimum atomic E-state index is -0.518. The maximum Gasteiger partial charge on any atom is 0.410 e. The molecule has 0 saturated carbocycles. The molecule has 0 bridgehead atoms. The first kappa shape index (κ1) is 21.1. The van der Waals surface area contributed by atoms with Gasteiger partial charge in [0, 0.05) is 17.8 Å². The second-order valence-electron chi connectivity index (χ2n) is 8.41. The molecule has 1 heterocycles. The second-order valence-corrected chi connectivity index (χ2v) is 9.42. The van der Waals surface area contributed by atoms with Crippen molar-refractivity contribution >= 4 is 23.8 Å². The van der Waals surface area contributed by atoms with E-state index in [9.17, 15) is 9.59 Å². The van der Waals surface area contributed by atoms with E-state index >= 15 is 0 Å². The van der Waals surface area contributed by atoms with Crippen LogP contribution in [0.1, 0.15) is 61.3 Å². The molecule has 0 radical (unpaired) electrons. The molecule has 3 atom stereocenters. The largest absolute Gasteiger partial charge is 0.460 e. The summed E-state index contributed by atoms with van der Waals surface area (Å²) >= 11 is 1.62. The predicted molar refractivity (Wildman–Crippen MR) is 98.3 cm³/mol. The Morgan fingerprint density at radius 2 is 1.62 bits per heavy atom. The minimum absolute atomic E-state index is 0.00244. The summed E-state index contributed by atoms with van der Waals surface area (Å²) in [7, 11) is 0. The van der Waals surface area contributed by atoms with Crippen LogP contribution in [0.25, 0.3) is 0 Å². The Morgan fingerprint density at radius 1 is 1.08 bits per heavy atom. The van der Waals surface area contributed by atoms with Crippen LogP contribution in [0.15, 0.2) is 0 Å². The average molecular weight is 360 g/mol. The van der Waals surface area contributed by atoms with E-state index in [1.54, 1.807) is 16.7 Å². The Labute approximate surface area is 150 Å². The fraction of sp³-hybridized carbons (Fsp3) is 0.889. The summed E-state index contributed by atoms with van der Waals surface area (Å²) in [6.45, 7) is 13.8. The van der Waals surface area contributed by atoms with Crippen LogP contribution in [0.3, 0.4) is 0 Å². The van der Waals surface area contributed by atoms with Crippen molar-refractivity contribution in [1.82, 2.24) is 4.90 Å². The van der Waals surface area contributed by atoms with E-state index in [-0.39, 0.29) is 29.3 Å². The lowest BCUT2D eigenvalue weighted by Gasteiger charge is -2.35. The second kappa shape index (κ2) is 7.98. The molecule has 1 aliphatic rings. The third-order valence-corrected chi connectivity index (χ3v) is 5.12. The van der Waals surface area contributed by atoms with Crippen LogP contribution in [0, 0.1) is 5.92 Å². The van der Waals surface area contributed by atoms with Crippen molar-refractivity contribution in [3.63, 3.8) is 0 Å². The quantitative estimate of drug-likeness (QED) is 0.708. The molecule has 0 aromatic heterocycles. The minimum Gasteiger partial charge on any atom is -0.460 e. The molecule has 5 nitrogen and oxygen atoms in total. The van der Waals surface area contributed by atoms with Crippen molar-refractivity contribution in [1.29, 1.82) is 0 Å². The van der Waals surface area contributed by atoms with Gasteiger partial charge in [-0.1, -0.05) is 6.92 Å². The van der Waals surface area contributed by atoms with Crippen LogP contribution in [0.5, 0.6) is 0 Å². The van der Waals surface area contributed by atoms with E-state index in [0.29, 0.717) is 6.54 Å². The molecule has 0 spiro atoms. The van der Waals surface area contributed by atoms with Crippen molar-refractivity contribution in [2.75, 3.05) is 12.8 Å². The van der Waals surface area contributed by atoms with Crippen LogP contribution in [-0.4, -0.2) is 52.3 Å². The van der Waals surface area contributed by atoms with Gasteiger partial charge >= 0.3 is 12.1 Å². The summed E-state index contributed by atoms with van der Waals surface area (Å²) in [5.41, 5.74) is -1.02. The number of rotatable bonds is 4. The van der Waals surface area contributed by atoms with Crippen molar-refractivity contribution in [2.24, 2.45) is 5.92 Å². The molecule has 0 N–H and O–H groups in total. The van der Waals surface area contributed by atoms with Crippen LogP contribution in [0.4, 0.5) is 4.79 Å². The van der Waals surface area contributed by atoms with E-state index in [1.807, 2.05) is 54.7 Å². The number of amides is 1. The van der Waals surface area contributed by atoms with E-state index in [2.05, 4.69) is 0 Å². The fourth-order valence-electron chi connectivity index (χ4n) is 2.90. The van der Waals surface area contributed by atoms with Gasteiger partial charge in [-0.25, -0.2) is 4.79 Å². The van der Waals surface area contributed by atoms with Crippen molar-refractivity contribution in [2.45, 2.75) is 83.8 Å². The number of esters is 1. The monoisotopic (exact) mass is 359 g/mol. The Morgan fingerprint density at radius 3 is 2.08 bits per heavy atom. The molecular weight excluding hydrogens is 326 g/mol. The number of thioether (sulfide) groups is 1. The van der Waals surface area contributed by atoms with E-state index in [4.69, 9.17) is 9.47 Å². The summed E-state index contributed by atoms with van der Waals surface area (Å²) < 4.78 is 11.1.